The monoisotopic (exact) mass is 510 g/mol. The number of esters is 1. The Morgan fingerprint density at radius 1 is 1.26 bits per heavy atom. The molecule has 35 heavy (non-hydrogen) atoms. The quantitative estimate of drug-likeness (QED) is 0.460. The molecule has 3 unspecified atom stereocenters. The lowest BCUT2D eigenvalue weighted by molar-refractivity contribution is -0.154. The summed E-state index contributed by atoms with van der Waals surface area (Å²) in [5.74, 6) is -1.77. The van der Waals surface area contributed by atoms with Gasteiger partial charge in [0.15, 0.2) is 0 Å². The number of likely N-dealkylation sites (tertiary alicyclic amines) is 1. The van der Waals surface area contributed by atoms with Crippen LogP contribution in [0.15, 0.2) is 0 Å². The largest absolute Gasteiger partial charge is 0.466 e. The predicted octanol–water partition coefficient (Wildman–Crippen LogP) is 3.62. The number of nitrogens with zero attached hydrogens (tertiary/aromatic N) is 1. The minimum Gasteiger partial charge on any atom is -0.466 e. The van der Waals surface area contributed by atoms with E-state index in [1.165, 1.54) is 0 Å². The van der Waals surface area contributed by atoms with Crippen molar-refractivity contribution >= 4 is 29.5 Å². The van der Waals surface area contributed by atoms with Gasteiger partial charge in [-0.3, -0.25) is 14.4 Å². The Balaban J connectivity index is 2.09. The number of fused-ring (bicyclic) bond motifs is 1. The fourth-order valence-electron chi connectivity index (χ4n) is 7.21. The van der Waals surface area contributed by atoms with Gasteiger partial charge in [0, 0.05) is 10.8 Å². The van der Waals surface area contributed by atoms with Crippen molar-refractivity contribution in [3.63, 3.8) is 0 Å². The second kappa shape index (κ2) is 9.88. The average molecular weight is 511 g/mol. The van der Waals surface area contributed by atoms with E-state index in [1.807, 2.05) is 27.7 Å². The molecule has 200 valence electrons. The van der Waals surface area contributed by atoms with Crippen LogP contribution >= 0.6 is 11.8 Å². The van der Waals surface area contributed by atoms with Gasteiger partial charge in [-0.25, -0.2) is 0 Å². The molecule has 7 nitrogen and oxygen atoms in total. The highest BCUT2D eigenvalue weighted by Gasteiger charge is 2.77. The van der Waals surface area contributed by atoms with Crippen LogP contribution in [0.25, 0.3) is 0 Å². The summed E-state index contributed by atoms with van der Waals surface area (Å²) < 4.78 is 4.71. The van der Waals surface area contributed by atoms with Gasteiger partial charge in [-0.2, -0.15) is 0 Å². The number of aliphatic hydroxyl groups excluding tert-OH is 1. The number of hydrogen-bond acceptors (Lipinski definition) is 6. The Labute approximate surface area is 215 Å². The third-order valence-electron chi connectivity index (χ3n) is 8.27. The van der Waals surface area contributed by atoms with Crippen molar-refractivity contribution in [3.05, 3.63) is 0 Å². The standard InChI is InChI=1S/C27H46N2O5S/c1-10-15(3)17(13-30)29-21(22(31)28-26(8,9)14-25(5,6)7)27-16(4)12-18(35-27)19(20(27)23(29)32)24(33)34-11-2/h15-21,30H,10-14H2,1-9H3,(H,28,31)/t15-,16?,17-,18+,19-,20-,21?,27?/m0/s1. The maximum Gasteiger partial charge on any atom is 0.310 e. The summed E-state index contributed by atoms with van der Waals surface area (Å²) in [5, 5.41) is 13.7. The van der Waals surface area contributed by atoms with Crippen LogP contribution < -0.4 is 5.32 Å². The van der Waals surface area contributed by atoms with Crippen LogP contribution in [0.4, 0.5) is 0 Å². The number of rotatable bonds is 9. The predicted molar refractivity (Wildman–Crippen MR) is 139 cm³/mol. The Morgan fingerprint density at radius 2 is 1.89 bits per heavy atom. The first-order valence-corrected chi connectivity index (χ1v) is 14.1. The molecule has 3 heterocycles. The van der Waals surface area contributed by atoms with Crippen molar-refractivity contribution in [2.24, 2.45) is 29.1 Å². The molecule has 8 heteroatoms. The molecule has 2 N–H and O–H groups in total. The third kappa shape index (κ3) is 4.86. The Kier molecular flexibility index (Phi) is 7.99. The van der Waals surface area contributed by atoms with E-state index in [0.29, 0.717) is 0 Å². The second-order valence-corrected chi connectivity index (χ2v) is 14.3. The molecule has 1 spiro atoms. The fourth-order valence-corrected chi connectivity index (χ4v) is 9.60. The van der Waals surface area contributed by atoms with Gasteiger partial charge < -0.3 is 20.1 Å². The lowest BCUT2D eigenvalue weighted by Crippen LogP contribution is -2.62. The van der Waals surface area contributed by atoms with Crippen LogP contribution in [0.3, 0.4) is 0 Å². The first-order valence-electron chi connectivity index (χ1n) is 13.2. The zero-order valence-electron chi connectivity index (χ0n) is 23.0. The fraction of sp³-hybridized carbons (Fsp3) is 0.889. The maximum atomic E-state index is 14.2. The minimum atomic E-state index is -0.741. The van der Waals surface area contributed by atoms with Crippen molar-refractivity contribution < 1.29 is 24.2 Å². The number of nitrogens with one attached hydrogen (secondary N) is 1. The molecule has 2 bridgehead atoms. The summed E-state index contributed by atoms with van der Waals surface area (Å²) in [6.45, 7) is 18.4. The van der Waals surface area contributed by atoms with E-state index < -0.39 is 34.2 Å². The van der Waals surface area contributed by atoms with Gasteiger partial charge >= 0.3 is 5.97 Å². The van der Waals surface area contributed by atoms with Gasteiger partial charge in [-0.15, -0.1) is 11.8 Å². The van der Waals surface area contributed by atoms with Gasteiger partial charge in [-0.05, 0) is 50.9 Å². The zero-order chi connectivity index (χ0) is 26.5. The summed E-state index contributed by atoms with van der Waals surface area (Å²) in [6, 6.07) is -1.22. The van der Waals surface area contributed by atoms with Crippen molar-refractivity contribution in [2.75, 3.05) is 13.2 Å². The highest BCUT2D eigenvalue weighted by Crippen LogP contribution is 2.69. The van der Waals surface area contributed by atoms with Crippen LogP contribution in [-0.4, -0.2) is 68.6 Å². The van der Waals surface area contributed by atoms with Crippen LogP contribution in [-0.2, 0) is 19.1 Å². The summed E-state index contributed by atoms with van der Waals surface area (Å²) in [4.78, 5) is 43.1. The molecule has 0 saturated carbocycles. The highest BCUT2D eigenvalue weighted by atomic mass is 32.2. The smallest absolute Gasteiger partial charge is 0.310 e. The van der Waals surface area contributed by atoms with E-state index in [4.69, 9.17) is 4.74 Å². The molecule has 0 aromatic heterocycles. The van der Waals surface area contributed by atoms with Crippen LogP contribution in [0, 0.1) is 29.1 Å². The van der Waals surface area contributed by atoms with E-state index >= 15 is 0 Å². The Bertz CT molecular complexity index is 840. The lowest BCUT2D eigenvalue weighted by Gasteiger charge is -2.43. The van der Waals surface area contributed by atoms with Crippen molar-refractivity contribution in [2.45, 2.75) is 109 Å². The molecule has 3 rings (SSSR count). The maximum absolute atomic E-state index is 14.2. The first-order chi connectivity index (χ1) is 16.1. The summed E-state index contributed by atoms with van der Waals surface area (Å²) >= 11 is 1.64. The number of hydrogen-bond donors (Lipinski definition) is 2. The molecule has 8 atom stereocenters. The Hall–Kier alpha value is -1.28. The van der Waals surface area contributed by atoms with E-state index in [9.17, 15) is 19.5 Å². The molecule has 3 fully saturated rings. The molecule has 0 aromatic rings. The van der Waals surface area contributed by atoms with Crippen LogP contribution in [0.1, 0.15) is 81.6 Å². The third-order valence-corrected chi connectivity index (χ3v) is 10.3. The second-order valence-electron chi connectivity index (χ2n) is 12.8. The minimum absolute atomic E-state index is 0.00983. The van der Waals surface area contributed by atoms with Gasteiger partial charge in [0.2, 0.25) is 11.8 Å². The number of thioether (sulfide) groups is 1. The molecule has 0 aliphatic carbocycles. The normalized spacial score (nSPS) is 34.1. The van der Waals surface area contributed by atoms with E-state index in [0.717, 1.165) is 19.3 Å². The van der Waals surface area contributed by atoms with Gasteiger partial charge in [0.05, 0.1) is 35.8 Å². The number of carbonyl (C=O) groups is 3. The molecule has 3 aliphatic rings. The average Bonchev–Trinajstić information content (AvgIpc) is 3.30. The van der Waals surface area contributed by atoms with E-state index in [-0.39, 0.29) is 53.5 Å². The van der Waals surface area contributed by atoms with Crippen molar-refractivity contribution in [1.29, 1.82) is 0 Å². The van der Waals surface area contributed by atoms with E-state index in [2.05, 4.69) is 33.0 Å². The zero-order valence-corrected chi connectivity index (χ0v) is 23.8. The van der Waals surface area contributed by atoms with Crippen LogP contribution in [0.5, 0.6) is 0 Å². The molecular formula is C27H46N2O5S. The first kappa shape index (κ1) is 28.3. The van der Waals surface area contributed by atoms with Crippen molar-refractivity contribution in [3.8, 4) is 0 Å². The molecule has 3 saturated heterocycles. The molecule has 2 amide bonds. The summed E-state index contributed by atoms with van der Waals surface area (Å²) in [6.07, 6.45) is 2.31. The molecular weight excluding hydrogens is 464 g/mol. The number of aliphatic hydroxyl groups is 1. The Morgan fingerprint density at radius 3 is 2.40 bits per heavy atom. The van der Waals surface area contributed by atoms with Crippen molar-refractivity contribution in [1.82, 2.24) is 10.2 Å². The molecule has 0 radical (unpaired) electrons. The topological polar surface area (TPSA) is 95.9 Å². The summed E-state index contributed by atoms with van der Waals surface area (Å²) in [5.41, 5.74) is -0.467. The van der Waals surface area contributed by atoms with Gasteiger partial charge in [0.1, 0.15) is 6.04 Å². The number of ether oxygens (including phenoxy) is 1. The number of amides is 2. The van der Waals surface area contributed by atoms with Gasteiger partial charge in [0.25, 0.3) is 0 Å². The van der Waals surface area contributed by atoms with Gasteiger partial charge in [-0.1, -0.05) is 48.0 Å². The lowest BCUT2D eigenvalue weighted by atomic mass is 9.66. The summed E-state index contributed by atoms with van der Waals surface area (Å²) in [7, 11) is 0. The van der Waals surface area contributed by atoms with Crippen LogP contribution in [0.2, 0.25) is 0 Å². The highest BCUT2D eigenvalue weighted by molar-refractivity contribution is 8.02. The number of carbonyl (C=O) groups excluding carboxylic acids is 3. The van der Waals surface area contributed by atoms with E-state index in [1.54, 1.807) is 23.6 Å². The molecule has 0 aromatic carbocycles. The SMILES string of the molecule is CCOC(=O)[C@@H]1[C@H]2C(=O)N([C@@H](CO)[C@@H](C)CC)C(C(=O)NC(C)(C)CC(C)(C)C)C23S[C@@H]1CC3C. The molecule has 3 aliphatic heterocycles.